The molecule has 0 radical (unpaired) electrons. The van der Waals surface area contributed by atoms with Gasteiger partial charge in [0.25, 0.3) is 0 Å². The molecule has 0 aromatic carbocycles. The van der Waals surface area contributed by atoms with E-state index in [4.69, 9.17) is 0 Å². The van der Waals surface area contributed by atoms with Gasteiger partial charge in [-0.15, -0.1) is 0 Å². The molecule has 16 heavy (non-hydrogen) atoms. The van der Waals surface area contributed by atoms with E-state index in [1.54, 1.807) is 0 Å². The summed E-state index contributed by atoms with van der Waals surface area (Å²) in [4.78, 5) is 14.8. The summed E-state index contributed by atoms with van der Waals surface area (Å²) in [5.41, 5.74) is 0. The molecule has 2 fully saturated rings. The monoisotopic (exact) mass is 287 g/mol. The van der Waals surface area contributed by atoms with E-state index >= 15 is 0 Å². The Morgan fingerprint density at radius 3 is 2.62 bits per heavy atom. The van der Waals surface area contributed by atoms with Gasteiger partial charge < -0.3 is 4.90 Å². The van der Waals surface area contributed by atoms with E-state index < -0.39 is 0 Å². The van der Waals surface area contributed by atoms with Crippen LogP contribution in [0.5, 0.6) is 0 Å². The summed E-state index contributed by atoms with van der Waals surface area (Å²) >= 11 is 3.68. The first kappa shape index (κ1) is 12.4. The largest absolute Gasteiger partial charge is 0.342 e. The van der Waals surface area contributed by atoms with E-state index in [0.717, 1.165) is 25.9 Å². The van der Waals surface area contributed by atoms with Gasteiger partial charge in [-0.05, 0) is 31.1 Å². The third-order valence-corrected chi connectivity index (χ3v) is 5.45. The lowest BCUT2D eigenvalue weighted by molar-refractivity contribution is -0.133. The van der Waals surface area contributed by atoms with Gasteiger partial charge in [0.1, 0.15) is 0 Å². The smallest absolute Gasteiger partial charge is 0.222 e. The second-order valence-electron chi connectivity index (χ2n) is 5.48. The van der Waals surface area contributed by atoms with E-state index in [0.29, 0.717) is 22.6 Å². The lowest BCUT2D eigenvalue weighted by Crippen LogP contribution is -2.43. The zero-order valence-electron chi connectivity index (χ0n) is 10.1. The van der Waals surface area contributed by atoms with Crippen LogP contribution in [0.3, 0.4) is 0 Å². The Morgan fingerprint density at radius 2 is 2.00 bits per heavy atom. The first-order chi connectivity index (χ1) is 7.66. The molecule has 92 valence electrons. The van der Waals surface area contributed by atoms with Crippen molar-refractivity contribution in [2.75, 3.05) is 13.1 Å². The van der Waals surface area contributed by atoms with E-state index in [9.17, 15) is 4.79 Å². The Morgan fingerprint density at radius 1 is 1.31 bits per heavy atom. The Bertz CT molecular complexity index is 250. The van der Waals surface area contributed by atoms with Gasteiger partial charge >= 0.3 is 0 Å². The first-order valence-corrected chi connectivity index (χ1v) is 7.50. The average Bonchev–Trinajstić information content (AvgIpc) is 2.74. The predicted octanol–water partition coefficient (Wildman–Crippen LogP) is 3.20. The van der Waals surface area contributed by atoms with Crippen LogP contribution in [0.25, 0.3) is 0 Å². The standard InChI is InChI=1S/C13H22BrNO/c1-10-9-15(7-6-12(10)14)13(16)8-11-4-2-3-5-11/h10-12H,2-9H2,1H3. The lowest BCUT2D eigenvalue weighted by atomic mass is 9.98. The van der Waals surface area contributed by atoms with Gasteiger partial charge in [0, 0.05) is 24.3 Å². The summed E-state index contributed by atoms with van der Waals surface area (Å²) in [6.45, 7) is 4.13. The Hall–Kier alpha value is -0.0500. The molecule has 0 spiro atoms. The Labute approximate surface area is 107 Å². The van der Waals surface area contributed by atoms with Crippen molar-refractivity contribution in [3.8, 4) is 0 Å². The van der Waals surface area contributed by atoms with E-state index in [1.807, 2.05) is 0 Å². The maximum atomic E-state index is 12.1. The molecule has 2 atom stereocenters. The Balaban J connectivity index is 1.80. The van der Waals surface area contributed by atoms with Crippen LogP contribution < -0.4 is 0 Å². The molecule has 2 rings (SSSR count). The molecule has 2 unspecified atom stereocenters. The highest BCUT2D eigenvalue weighted by Crippen LogP contribution is 2.29. The molecule has 0 N–H and O–H groups in total. The highest BCUT2D eigenvalue weighted by Gasteiger charge is 2.28. The van der Waals surface area contributed by atoms with Crippen LogP contribution in [0.1, 0.15) is 45.4 Å². The van der Waals surface area contributed by atoms with Crippen LogP contribution >= 0.6 is 15.9 Å². The topological polar surface area (TPSA) is 20.3 Å². The minimum Gasteiger partial charge on any atom is -0.342 e. The highest BCUT2D eigenvalue weighted by atomic mass is 79.9. The zero-order chi connectivity index (χ0) is 11.5. The number of halogens is 1. The van der Waals surface area contributed by atoms with Crippen LogP contribution in [0.4, 0.5) is 0 Å². The first-order valence-electron chi connectivity index (χ1n) is 6.58. The number of likely N-dealkylation sites (tertiary alicyclic amines) is 1. The molecular formula is C13H22BrNO. The van der Waals surface area contributed by atoms with Gasteiger partial charge in [0.15, 0.2) is 0 Å². The second-order valence-corrected chi connectivity index (χ2v) is 6.65. The maximum Gasteiger partial charge on any atom is 0.222 e. The molecule has 0 aromatic rings. The van der Waals surface area contributed by atoms with Crippen molar-refractivity contribution in [1.82, 2.24) is 4.90 Å². The van der Waals surface area contributed by atoms with Crippen LogP contribution in [0, 0.1) is 11.8 Å². The Kier molecular flexibility index (Phi) is 4.28. The molecule has 1 amide bonds. The number of hydrogen-bond donors (Lipinski definition) is 0. The normalized spacial score (nSPS) is 32.0. The number of alkyl halides is 1. The number of hydrogen-bond acceptors (Lipinski definition) is 1. The molecule has 0 bridgehead atoms. The molecule has 1 aliphatic heterocycles. The van der Waals surface area contributed by atoms with E-state index in [-0.39, 0.29) is 0 Å². The number of carbonyl (C=O) groups is 1. The van der Waals surface area contributed by atoms with Crippen LogP contribution in [0.2, 0.25) is 0 Å². The van der Waals surface area contributed by atoms with Crippen molar-refractivity contribution in [3.05, 3.63) is 0 Å². The summed E-state index contributed by atoms with van der Waals surface area (Å²) in [5.74, 6) is 1.68. The van der Waals surface area contributed by atoms with Gasteiger partial charge in [-0.25, -0.2) is 0 Å². The molecule has 2 nitrogen and oxygen atoms in total. The van der Waals surface area contributed by atoms with Gasteiger partial charge in [-0.1, -0.05) is 35.7 Å². The fraction of sp³-hybridized carbons (Fsp3) is 0.923. The quantitative estimate of drug-likeness (QED) is 0.715. The molecule has 1 saturated heterocycles. The van der Waals surface area contributed by atoms with Crippen LogP contribution in [-0.4, -0.2) is 28.7 Å². The summed E-state index contributed by atoms with van der Waals surface area (Å²) in [5, 5.41) is 0. The fourth-order valence-corrected chi connectivity index (χ4v) is 3.31. The molecule has 1 saturated carbocycles. The van der Waals surface area contributed by atoms with Crippen molar-refractivity contribution in [3.63, 3.8) is 0 Å². The van der Waals surface area contributed by atoms with Crippen molar-refractivity contribution in [1.29, 1.82) is 0 Å². The van der Waals surface area contributed by atoms with Crippen LogP contribution in [-0.2, 0) is 4.79 Å². The summed E-state index contributed by atoms with van der Waals surface area (Å²) < 4.78 is 0. The van der Waals surface area contributed by atoms with E-state index in [1.165, 1.54) is 25.7 Å². The molecular weight excluding hydrogens is 266 g/mol. The zero-order valence-corrected chi connectivity index (χ0v) is 11.7. The second kappa shape index (κ2) is 5.52. The van der Waals surface area contributed by atoms with Crippen LogP contribution in [0.15, 0.2) is 0 Å². The van der Waals surface area contributed by atoms with Gasteiger partial charge in [-0.3, -0.25) is 4.79 Å². The number of nitrogens with zero attached hydrogens (tertiary/aromatic N) is 1. The highest BCUT2D eigenvalue weighted by molar-refractivity contribution is 9.09. The summed E-state index contributed by atoms with van der Waals surface area (Å²) in [7, 11) is 0. The van der Waals surface area contributed by atoms with Gasteiger partial charge in [-0.2, -0.15) is 0 Å². The third-order valence-electron chi connectivity index (χ3n) is 4.09. The van der Waals surface area contributed by atoms with Crippen molar-refractivity contribution >= 4 is 21.8 Å². The molecule has 1 heterocycles. The molecule has 0 aromatic heterocycles. The molecule has 3 heteroatoms. The SMILES string of the molecule is CC1CN(C(=O)CC2CCCC2)CCC1Br. The van der Waals surface area contributed by atoms with Gasteiger partial charge in [0.2, 0.25) is 5.91 Å². The molecule has 1 aliphatic carbocycles. The summed E-state index contributed by atoms with van der Waals surface area (Å²) in [6.07, 6.45) is 7.12. The minimum atomic E-state index is 0.401. The lowest BCUT2D eigenvalue weighted by Gasteiger charge is -2.35. The third kappa shape index (κ3) is 2.99. The molecule has 2 aliphatic rings. The summed E-state index contributed by atoms with van der Waals surface area (Å²) in [6, 6.07) is 0. The number of piperidine rings is 1. The van der Waals surface area contributed by atoms with Gasteiger partial charge in [0.05, 0.1) is 0 Å². The van der Waals surface area contributed by atoms with Crippen molar-refractivity contribution < 1.29 is 4.79 Å². The minimum absolute atomic E-state index is 0.401. The van der Waals surface area contributed by atoms with E-state index in [2.05, 4.69) is 27.8 Å². The number of amides is 1. The number of carbonyl (C=O) groups excluding carboxylic acids is 1. The predicted molar refractivity (Wildman–Crippen MR) is 69.7 cm³/mol. The van der Waals surface area contributed by atoms with Crippen molar-refractivity contribution in [2.24, 2.45) is 11.8 Å². The number of rotatable bonds is 2. The van der Waals surface area contributed by atoms with Crippen molar-refractivity contribution in [2.45, 2.75) is 50.3 Å². The average molecular weight is 288 g/mol. The fourth-order valence-electron chi connectivity index (χ4n) is 2.93. The maximum absolute atomic E-state index is 12.1.